The van der Waals surface area contributed by atoms with Crippen molar-refractivity contribution in [1.82, 2.24) is 15.1 Å². The molecule has 0 radical (unpaired) electrons. The van der Waals surface area contributed by atoms with Crippen LogP contribution in [0.15, 0.2) is 48.5 Å². The summed E-state index contributed by atoms with van der Waals surface area (Å²) in [6.45, 7) is 7.46. The Morgan fingerprint density at radius 3 is 2.43 bits per heavy atom. The number of nitrogens with zero attached hydrogens (tertiary/aromatic N) is 2. The first-order chi connectivity index (χ1) is 13.6. The normalized spacial score (nSPS) is 15.8. The Bertz CT molecular complexity index is 974. The molecule has 0 saturated heterocycles. The molecular formula is C23H25N3O2. The van der Waals surface area contributed by atoms with Gasteiger partial charge in [0.2, 0.25) is 0 Å². The number of aryl methyl sites for hydroxylation is 1. The smallest absolute Gasteiger partial charge is 0.273 e. The van der Waals surface area contributed by atoms with Gasteiger partial charge in [0.1, 0.15) is 11.4 Å². The van der Waals surface area contributed by atoms with Crippen molar-refractivity contribution in [2.24, 2.45) is 0 Å². The number of benzene rings is 2. The number of hydrogen-bond acceptors (Lipinski definition) is 3. The Morgan fingerprint density at radius 2 is 1.79 bits per heavy atom. The second-order valence-corrected chi connectivity index (χ2v) is 7.13. The van der Waals surface area contributed by atoms with E-state index in [0.29, 0.717) is 18.8 Å². The van der Waals surface area contributed by atoms with Gasteiger partial charge in [0, 0.05) is 17.7 Å². The quantitative estimate of drug-likeness (QED) is 0.677. The predicted octanol–water partition coefficient (Wildman–Crippen LogP) is 4.74. The van der Waals surface area contributed by atoms with E-state index in [1.54, 1.807) is 0 Å². The number of H-pyrrole nitrogens is 1. The van der Waals surface area contributed by atoms with Gasteiger partial charge in [-0.25, -0.2) is 0 Å². The summed E-state index contributed by atoms with van der Waals surface area (Å²) in [5.41, 5.74) is 5.70. The van der Waals surface area contributed by atoms with Gasteiger partial charge < -0.3 is 9.64 Å². The Kier molecular flexibility index (Phi) is 4.90. The van der Waals surface area contributed by atoms with E-state index < -0.39 is 0 Å². The molecule has 1 amide bonds. The topological polar surface area (TPSA) is 58.2 Å². The lowest BCUT2D eigenvalue weighted by molar-refractivity contribution is 0.0744. The molecule has 0 bridgehead atoms. The van der Waals surface area contributed by atoms with Crippen LogP contribution in [0.4, 0.5) is 0 Å². The molecule has 144 valence electrons. The van der Waals surface area contributed by atoms with Gasteiger partial charge in [-0.3, -0.25) is 9.89 Å². The van der Waals surface area contributed by atoms with Gasteiger partial charge in [-0.15, -0.1) is 0 Å². The lowest BCUT2D eigenvalue weighted by Gasteiger charge is -2.26. The molecule has 4 rings (SSSR count). The molecule has 3 aromatic rings. The zero-order valence-electron chi connectivity index (χ0n) is 16.5. The molecule has 1 N–H and O–H groups in total. The fourth-order valence-corrected chi connectivity index (χ4v) is 3.86. The lowest BCUT2D eigenvalue weighted by Crippen LogP contribution is -2.30. The van der Waals surface area contributed by atoms with E-state index in [9.17, 15) is 4.79 Å². The van der Waals surface area contributed by atoms with Crippen molar-refractivity contribution in [2.75, 3.05) is 13.2 Å². The zero-order valence-corrected chi connectivity index (χ0v) is 16.5. The standard InChI is InChI=1S/C23H25N3O2/c1-4-14-26-22(17-10-12-18(13-11-17)28-5-2)19-20(24-25-21(19)23(26)27)16-8-6-15(3)7-9-16/h6-13,22H,4-5,14H2,1-3H3,(H,24,25). The first-order valence-electron chi connectivity index (χ1n) is 9.83. The molecule has 2 heterocycles. The molecule has 1 aliphatic rings. The van der Waals surface area contributed by atoms with Crippen LogP contribution in [0.2, 0.25) is 0 Å². The van der Waals surface area contributed by atoms with E-state index in [4.69, 9.17) is 4.74 Å². The highest BCUT2D eigenvalue weighted by Gasteiger charge is 2.41. The summed E-state index contributed by atoms with van der Waals surface area (Å²) in [6, 6.07) is 16.2. The number of nitrogens with one attached hydrogen (secondary N) is 1. The van der Waals surface area contributed by atoms with Gasteiger partial charge in [0.25, 0.3) is 5.91 Å². The van der Waals surface area contributed by atoms with Crippen LogP contribution in [0.25, 0.3) is 11.3 Å². The number of ether oxygens (including phenoxy) is 1. The van der Waals surface area contributed by atoms with Crippen molar-refractivity contribution in [3.8, 4) is 17.0 Å². The van der Waals surface area contributed by atoms with E-state index >= 15 is 0 Å². The summed E-state index contributed by atoms with van der Waals surface area (Å²) in [7, 11) is 0. The number of fused-ring (bicyclic) bond motifs is 1. The second kappa shape index (κ2) is 7.50. The molecule has 28 heavy (non-hydrogen) atoms. The summed E-state index contributed by atoms with van der Waals surface area (Å²) >= 11 is 0. The lowest BCUT2D eigenvalue weighted by atomic mass is 9.95. The van der Waals surface area contributed by atoms with Crippen molar-refractivity contribution in [1.29, 1.82) is 0 Å². The van der Waals surface area contributed by atoms with Crippen LogP contribution in [0, 0.1) is 6.92 Å². The van der Waals surface area contributed by atoms with E-state index in [2.05, 4.69) is 48.3 Å². The van der Waals surface area contributed by atoms with E-state index in [0.717, 1.165) is 34.6 Å². The van der Waals surface area contributed by atoms with E-state index in [1.165, 1.54) is 5.56 Å². The van der Waals surface area contributed by atoms with Crippen LogP contribution in [0.1, 0.15) is 53.5 Å². The maximum Gasteiger partial charge on any atom is 0.273 e. The van der Waals surface area contributed by atoms with Crippen molar-refractivity contribution in [3.05, 3.63) is 70.9 Å². The summed E-state index contributed by atoms with van der Waals surface area (Å²) in [6.07, 6.45) is 0.900. The Morgan fingerprint density at radius 1 is 1.07 bits per heavy atom. The molecule has 0 fully saturated rings. The van der Waals surface area contributed by atoms with Crippen molar-refractivity contribution >= 4 is 5.91 Å². The number of amides is 1. The highest BCUT2D eigenvalue weighted by molar-refractivity contribution is 6.00. The van der Waals surface area contributed by atoms with Crippen LogP contribution in [-0.2, 0) is 0 Å². The molecule has 1 aromatic heterocycles. The Balaban J connectivity index is 1.81. The average Bonchev–Trinajstić information content (AvgIpc) is 3.24. The van der Waals surface area contributed by atoms with Crippen molar-refractivity contribution < 1.29 is 9.53 Å². The molecule has 5 nitrogen and oxygen atoms in total. The maximum atomic E-state index is 13.1. The van der Waals surface area contributed by atoms with Crippen LogP contribution >= 0.6 is 0 Å². The average molecular weight is 375 g/mol. The van der Waals surface area contributed by atoms with Crippen LogP contribution < -0.4 is 4.74 Å². The van der Waals surface area contributed by atoms with Crippen molar-refractivity contribution in [2.45, 2.75) is 33.2 Å². The van der Waals surface area contributed by atoms with Gasteiger partial charge in [-0.2, -0.15) is 5.10 Å². The third-order valence-electron chi connectivity index (χ3n) is 5.16. The fraction of sp³-hybridized carbons (Fsp3) is 0.304. The summed E-state index contributed by atoms with van der Waals surface area (Å²) in [5.74, 6) is 0.852. The predicted molar refractivity (Wildman–Crippen MR) is 110 cm³/mol. The number of hydrogen-bond donors (Lipinski definition) is 1. The van der Waals surface area contributed by atoms with Crippen LogP contribution in [0.3, 0.4) is 0 Å². The Hall–Kier alpha value is -3.08. The fourth-order valence-electron chi connectivity index (χ4n) is 3.86. The molecule has 0 saturated carbocycles. The molecule has 1 aliphatic heterocycles. The SMILES string of the molecule is CCCN1C(=O)c2[nH]nc(-c3ccc(C)cc3)c2C1c1ccc(OCC)cc1. The van der Waals surface area contributed by atoms with Gasteiger partial charge in [0.15, 0.2) is 0 Å². The van der Waals surface area contributed by atoms with Crippen molar-refractivity contribution in [3.63, 3.8) is 0 Å². The third kappa shape index (κ3) is 3.07. The summed E-state index contributed by atoms with van der Waals surface area (Å²) in [5, 5.41) is 7.51. The molecule has 1 unspecified atom stereocenters. The van der Waals surface area contributed by atoms with E-state index in [1.807, 2.05) is 36.1 Å². The van der Waals surface area contributed by atoms with Gasteiger partial charge >= 0.3 is 0 Å². The highest BCUT2D eigenvalue weighted by atomic mass is 16.5. The molecule has 5 heteroatoms. The van der Waals surface area contributed by atoms with E-state index in [-0.39, 0.29) is 11.9 Å². The minimum atomic E-state index is -0.145. The van der Waals surface area contributed by atoms with Gasteiger partial charge in [-0.1, -0.05) is 48.9 Å². The molecular weight excluding hydrogens is 350 g/mol. The number of rotatable bonds is 6. The van der Waals surface area contributed by atoms with Crippen LogP contribution in [-0.4, -0.2) is 34.2 Å². The maximum absolute atomic E-state index is 13.1. The first-order valence-corrected chi connectivity index (χ1v) is 9.83. The Labute approximate surface area is 165 Å². The number of aromatic nitrogens is 2. The molecule has 0 aliphatic carbocycles. The highest BCUT2D eigenvalue weighted by Crippen LogP contribution is 2.43. The molecule has 2 aromatic carbocycles. The van der Waals surface area contributed by atoms with Gasteiger partial charge in [-0.05, 0) is 38.0 Å². The zero-order chi connectivity index (χ0) is 19.7. The second-order valence-electron chi connectivity index (χ2n) is 7.13. The monoisotopic (exact) mass is 375 g/mol. The summed E-state index contributed by atoms with van der Waals surface area (Å²) in [4.78, 5) is 15.0. The minimum absolute atomic E-state index is 0.0154. The molecule has 1 atom stereocenters. The number of carbonyl (C=O) groups is 1. The summed E-state index contributed by atoms with van der Waals surface area (Å²) < 4.78 is 5.58. The van der Waals surface area contributed by atoms with Gasteiger partial charge in [0.05, 0.1) is 18.3 Å². The largest absolute Gasteiger partial charge is 0.494 e. The minimum Gasteiger partial charge on any atom is -0.494 e. The molecule has 0 spiro atoms. The first kappa shape index (κ1) is 18.3. The number of aromatic amines is 1. The number of carbonyl (C=O) groups excluding carboxylic acids is 1. The van der Waals surface area contributed by atoms with Crippen LogP contribution in [0.5, 0.6) is 5.75 Å². The third-order valence-corrected chi connectivity index (χ3v) is 5.16.